The maximum absolute atomic E-state index is 12.6. The molecule has 1 unspecified atom stereocenters. The lowest BCUT2D eigenvalue weighted by Crippen LogP contribution is -2.53. The van der Waals surface area contributed by atoms with Gasteiger partial charge in [0.1, 0.15) is 0 Å². The highest BCUT2D eigenvalue weighted by Gasteiger charge is 2.34. The number of anilines is 1. The highest BCUT2D eigenvalue weighted by molar-refractivity contribution is 5.93. The van der Waals surface area contributed by atoms with Crippen molar-refractivity contribution in [3.8, 4) is 5.69 Å². The Morgan fingerprint density at radius 3 is 2.50 bits per heavy atom. The van der Waals surface area contributed by atoms with Crippen LogP contribution >= 0.6 is 12.4 Å². The number of aromatic nitrogens is 2. The number of carbonyl (C=O) groups is 1. The molecule has 1 aliphatic rings. The van der Waals surface area contributed by atoms with Crippen molar-refractivity contribution in [2.75, 3.05) is 25.0 Å². The number of rotatable bonds is 4. The molecule has 7 heteroatoms. The molecule has 0 bridgehead atoms. The number of piperidine rings is 1. The van der Waals surface area contributed by atoms with Gasteiger partial charge in [0, 0.05) is 19.1 Å². The third kappa shape index (κ3) is 4.74. The zero-order valence-corrected chi connectivity index (χ0v) is 18.3. The summed E-state index contributed by atoms with van der Waals surface area (Å²) in [6.07, 6.45) is 0.920. The molecular formula is C21H32ClN5O. The van der Waals surface area contributed by atoms with Crippen LogP contribution in [0.2, 0.25) is 0 Å². The van der Waals surface area contributed by atoms with Gasteiger partial charge in [-0.15, -0.1) is 12.4 Å². The van der Waals surface area contributed by atoms with Gasteiger partial charge in [-0.25, -0.2) is 4.68 Å². The molecule has 0 saturated carbocycles. The van der Waals surface area contributed by atoms with Gasteiger partial charge in [0.25, 0.3) is 0 Å². The molecule has 1 aromatic heterocycles. The molecule has 0 spiro atoms. The van der Waals surface area contributed by atoms with Crippen LogP contribution in [0, 0.1) is 26.2 Å². The van der Waals surface area contributed by atoms with E-state index in [9.17, 15) is 4.79 Å². The van der Waals surface area contributed by atoms with E-state index in [1.165, 1.54) is 5.56 Å². The topological polar surface area (TPSA) is 76.2 Å². The molecule has 1 aliphatic heterocycles. The summed E-state index contributed by atoms with van der Waals surface area (Å²) >= 11 is 0. The summed E-state index contributed by atoms with van der Waals surface area (Å²) in [5.74, 6) is -0.00377. The maximum atomic E-state index is 12.6. The fourth-order valence-electron chi connectivity index (χ4n) is 3.76. The lowest BCUT2D eigenvalue weighted by Gasteiger charge is -2.42. The summed E-state index contributed by atoms with van der Waals surface area (Å²) in [5, 5.41) is 7.69. The Labute approximate surface area is 173 Å². The molecule has 1 atom stereocenters. The normalized spacial score (nSPS) is 19.1. The van der Waals surface area contributed by atoms with Crippen LogP contribution in [0.25, 0.3) is 5.69 Å². The van der Waals surface area contributed by atoms with Crippen molar-refractivity contribution >= 4 is 24.0 Å². The van der Waals surface area contributed by atoms with Gasteiger partial charge in [-0.3, -0.25) is 9.69 Å². The Morgan fingerprint density at radius 2 is 1.89 bits per heavy atom. The molecule has 154 valence electrons. The second kappa shape index (κ2) is 8.64. The molecular weight excluding hydrogens is 374 g/mol. The summed E-state index contributed by atoms with van der Waals surface area (Å²) in [6.45, 7) is 12.4. The molecule has 3 N–H and O–H groups in total. The Bertz CT molecular complexity index is 828. The SMILES string of the molecule is Cc1ccc(-n2nc(C)c(NC(=O)CN3CCC(N)C(C)(C)C3)c2C)cc1.Cl. The number of amides is 1. The number of nitrogens with two attached hydrogens (primary N) is 1. The van der Waals surface area contributed by atoms with Gasteiger partial charge in [-0.1, -0.05) is 31.5 Å². The Balaban J connectivity index is 0.00000280. The van der Waals surface area contributed by atoms with Crippen LogP contribution in [0.15, 0.2) is 24.3 Å². The first kappa shape index (κ1) is 22.4. The zero-order valence-electron chi connectivity index (χ0n) is 17.5. The molecule has 2 aromatic rings. The van der Waals surface area contributed by atoms with Crippen LogP contribution in [0.4, 0.5) is 5.69 Å². The number of nitrogens with zero attached hydrogens (tertiary/aromatic N) is 3. The highest BCUT2D eigenvalue weighted by Crippen LogP contribution is 2.28. The van der Waals surface area contributed by atoms with Gasteiger partial charge in [0.05, 0.1) is 29.3 Å². The van der Waals surface area contributed by atoms with Crippen molar-refractivity contribution < 1.29 is 4.79 Å². The van der Waals surface area contributed by atoms with E-state index in [0.29, 0.717) is 6.54 Å². The van der Waals surface area contributed by atoms with Crippen molar-refractivity contribution in [1.82, 2.24) is 14.7 Å². The first-order valence-electron chi connectivity index (χ1n) is 9.58. The average Bonchev–Trinajstić information content (AvgIpc) is 2.87. The standard InChI is InChI=1S/C21H31N5O.ClH/c1-14-6-8-17(9-7-14)26-16(3)20(15(2)24-26)23-19(27)12-25-11-10-18(22)21(4,5)13-25;/h6-9,18H,10-13,22H2,1-5H3,(H,23,27);1H. The number of aryl methyl sites for hydroxylation is 2. The average molecular weight is 406 g/mol. The van der Waals surface area contributed by atoms with Crippen LogP contribution in [0.5, 0.6) is 0 Å². The minimum Gasteiger partial charge on any atom is -0.327 e. The van der Waals surface area contributed by atoms with Crippen LogP contribution < -0.4 is 11.1 Å². The molecule has 1 fully saturated rings. The number of nitrogens with one attached hydrogen (secondary N) is 1. The van der Waals surface area contributed by atoms with Crippen molar-refractivity contribution in [2.24, 2.45) is 11.1 Å². The molecule has 0 radical (unpaired) electrons. The molecule has 0 aliphatic carbocycles. The number of benzene rings is 1. The minimum atomic E-state index is -0.00377. The van der Waals surface area contributed by atoms with Crippen LogP contribution in [0.3, 0.4) is 0 Å². The van der Waals surface area contributed by atoms with Crippen LogP contribution in [0.1, 0.15) is 37.2 Å². The predicted molar refractivity (Wildman–Crippen MR) is 116 cm³/mol. The van der Waals surface area contributed by atoms with E-state index < -0.39 is 0 Å². The monoisotopic (exact) mass is 405 g/mol. The molecule has 2 heterocycles. The summed E-state index contributed by atoms with van der Waals surface area (Å²) in [7, 11) is 0. The largest absolute Gasteiger partial charge is 0.327 e. The van der Waals surface area contributed by atoms with Crippen molar-refractivity contribution in [1.29, 1.82) is 0 Å². The molecule has 28 heavy (non-hydrogen) atoms. The lowest BCUT2D eigenvalue weighted by molar-refractivity contribution is -0.118. The van der Waals surface area contributed by atoms with E-state index in [4.69, 9.17) is 5.73 Å². The van der Waals surface area contributed by atoms with E-state index in [-0.39, 0.29) is 29.8 Å². The van der Waals surface area contributed by atoms with E-state index >= 15 is 0 Å². The van der Waals surface area contributed by atoms with Gasteiger partial charge >= 0.3 is 0 Å². The molecule has 1 saturated heterocycles. The Hall–Kier alpha value is -1.89. The number of halogens is 1. The van der Waals surface area contributed by atoms with Crippen LogP contribution in [-0.2, 0) is 4.79 Å². The number of carbonyl (C=O) groups excluding carboxylic acids is 1. The fourth-order valence-corrected chi connectivity index (χ4v) is 3.76. The Kier molecular flexibility index (Phi) is 6.91. The lowest BCUT2D eigenvalue weighted by atomic mass is 9.80. The number of likely N-dealkylation sites (tertiary alicyclic amines) is 1. The Morgan fingerprint density at radius 1 is 1.25 bits per heavy atom. The smallest absolute Gasteiger partial charge is 0.238 e. The fraction of sp³-hybridized carbons (Fsp3) is 0.524. The third-order valence-electron chi connectivity index (χ3n) is 5.59. The second-order valence-electron chi connectivity index (χ2n) is 8.44. The molecule has 1 aromatic carbocycles. The third-order valence-corrected chi connectivity index (χ3v) is 5.59. The van der Waals surface area contributed by atoms with Gasteiger partial charge < -0.3 is 11.1 Å². The second-order valence-corrected chi connectivity index (χ2v) is 8.44. The first-order valence-corrected chi connectivity index (χ1v) is 9.58. The van der Waals surface area contributed by atoms with E-state index in [2.05, 4.69) is 48.2 Å². The van der Waals surface area contributed by atoms with Crippen molar-refractivity contribution in [2.45, 2.75) is 47.1 Å². The molecule has 3 rings (SSSR count). The van der Waals surface area contributed by atoms with Crippen molar-refractivity contribution in [3.63, 3.8) is 0 Å². The predicted octanol–water partition coefficient (Wildman–Crippen LogP) is 3.22. The summed E-state index contributed by atoms with van der Waals surface area (Å²) in [4.78, 5) is 14.8. The summed E-state index contributed by atoms with van der Waals surface area (Å²) in [5.41, 5.74) is 11.0. The molecule has 1 amide bonds. The van der Waals surface area contributed by atoms with E-state index in [0.717, 1.165) is 42.3 Å². The van der Waals surface area contributed by atoms with E-state index in [1.807, 2.05) is 30.7 Å². The summed E-state index contributed by atoms with van der Waals surface area (Å²) in [6, 6.07) is 8.40. The van der Waals surface area contributed by atoms with Gasteiger partial charge in [0.15, 0.2) is 0 Å². The molecule has 6 nitrogen and oxygen atoms in total. The summed E-state index contributed by atoms with van der Waals surface area (Å²) < 4.78 is 1.88. The van der Waals surface area contributed by atoms with Gasteiger partial charge in [0.2, 0.25) is 5.91 Å². The van der Waals surface area contributed by atoms with Crippen LogP contribution in [-0.4, -0.2) is 46.3 Å². The first-order chi connectivity index (χ1) is 12.7. The quantitative estimate of drug-likeness (QED) is 0.818. The number of hydrogen-bond donors (Lipinski definition) is 2. The number of hydrogen-bond acceptors (Lipinski definition) is 4. The highest BCUT2D eigenvalue weighted by atomic mass is 35.5. The van der Waals surface area contributed by atoms with Gasteiger partial charge in [-0.05, 0) is 44.7 Å². The zero-order chi connectivity index (χ0) is 19.8. The van der Waals surface area contributed by atoms with Crippen molar-refractivity contribution in [3.05, 3.63) is 41.2 Å². The van der Waals surface area contributed by atoms with E-state index in [1.54, 1.807) is 0 Å². The minimum absolute atomic E-state index is 0. The van der Waals surface area contributed by atoms with Gasteiger partial charge in [-0.2, -0.15) is 5.10 Å². The maximum Gasteiger partial charge on any atom is 0.238 e.